The van der Waals surface area contributed by atoms with E-state index in [0.29, 0.717) is 11.3 Å². The second-order valence-electron chi connectivity index (χ2n) is 3.72. The molecule has 18 heavy (non-hydrogen) atoms. The van der Waals surface area contributed by atoms with Crippen LogP contribution in [0.3, 0.4) is 0 Å². The number of ether oxygens (including phenoxy) is 1. The van der Waals surface area contributed by atoms with Crippen molar-refractivity contribution >= 4 is 16.7 Å². The minimum atomic E-state index is -4.25. The molecule has 2 rings (SSSR count). The molecule has 0 unspecified atom stereocenters. The monoisotopic (exact) mass is 256 g/mol. The first-order valence-corrected chi connectivity index (χ1v) is 5.23. The van der Waals surface area contributed by atoms with Gasteiger partial charge in [-0.1, -0.05) is 0 Å². The number of hydrogen-bond acceptors (Lipinski definition) is 3. The third kappa shape index (κ3) is 3.03. The molecule has 3 nitrogen and oxygen atoms in total. The second-order valence-corrected chi connectivity index (χ2v) is 3.72. The summed E-state index contributed by atoms with van der Waals surface area (Å²) in [5, 5.41) is 3.05. The molecule has 2 aromatic rings. The lowest BCUT2D eigenvalue weighted by atomic mass is 10.2. The van der Waals surface area contributed by atoms with E-state index in [2.05, 4.69) is 10.3 Å². The Bertz CT molecular complexity index is 555. The van der Waals surface area contributed by atoms with E-state index >= 15 is 0 Å². The Labute approximate surface area is 102 Å². The van der Waals surface area contributed by atoms with Gasteiger partial charge in [-0.3, -0.25) is 0 Å². The molecule has 0 aliphatic rings. The van der Waals surface area contributed by atoms with Crippen LogP contribution in [0.1, 0.15) is 0 Å². The highest BCUT2D eigenvalue weighted by molar-refractivity contribution is 5.81. The van der Waals surface area contributed by atoms with Crippen LogP contribution in [0.25, 0.3) is 10.9 Å². The molecule has 0 aliphatic heterocycles. The second kappa shape index (κ2) is 4.72. The molecular formula is C12H11F3N2O. The Morgan fingerprint density at radius 2 is 2.00 bits per heavy atom. The smallest absolute Gasteiger partial charge is 0.405 e. The van der Waals surface area contributed by atoms with Crippen molar-refractivity contribution < 1.29 is 17.9 Å². The van der Waals surface area contributed by atoms with Gasteiger partial charge >= 0.3 is 6.18 Å². The van der Waals surface area contributed by atoms with E-state index in [0.717, 1.165) is 5.39 Å². The van der Waals surface area contributed by atoms with Crippen molar-refractivity contribution in [3.63, 3.8) is 0 Å². The first-order valence-electron chi connectivity index (χ1n) is 5.23. The van der Waals surface area contributed by atoms with E-state index in [-0.39, 0.29) is 5.82 Å². The summed E-state index contributed by atoms with van der Waals surface area (Å²) in [7, 11) is 1.55. The summed E-state index contributed by atoms with van der Waals surface area (Å²) in [6.45, 7) is -1.10. The average molecular weight is 256 g/mol. The van der Waals surface area contributed by atoms with Gasteiger partial charge in [-0.05, 0) is 30.3 Å². The maximum atomic E-state index is 12.0. The van der Waals surface area contributed by atoms with Crippen molar-refractivity contribution in [2.75, 3.05) is 19.0 Å². The number of benzene rings is 1. The number of rotatable bonds is 3. The minimum Gasteiger partial charge on any atom is -0.497 e. The SMILES string of the molecule is COc1ccc2nc(NCC(F)(F)F)ccc2c1. The number of alkyl halides is 3. The van der Waals surface area contributed by atoms with E-state index in [1.807, 2.05) is 0 Å². The fourth-order valence-corrected chi connectivity index (χ4v) is 1.52. The van der Waals surface area contributed by atoms with Crippen LogP contribution in [0.15, 0.2) is 30.3 Å². The van der Waals surface area contributed by atoms with Crippen LogP contribution in [0, 0.1) is 0 Å². The van der Waals surface area contributed by atoms with Crippen molar-refractivity contribution in [1.82, 2.24) is 4.98 Å². The summed E-state index contributed by atoms with van der Waals surface area (Å²) >= 11 is 0. The highest BCUT2D eigenvalue weighted by atomic mass is 19.4. The standard InChI is InChI=1S/C12H11F3N2O/c1-18-9-3-4-10-8(6-9)2-5-11(17-10)16-7-12(13,14)15/h2-6H,7H2,1H3,(H,16,17). The van der Waals surface area contributed by atoms with E-state index in [9.17, 15) is 13.2 Å². The Kier molecular flexibility index (Phi) is 3.27. The Hall–Kier alpha value is -1.98. The van der Waals surface area contributed by atoms with Crippen LogP contribution in [-0.4, -0.2) is 24.8 Å². The molecular weight excluding hydrogens is 245 g/mol. The van der Waals surface area contributed by atoms with E-state index in [4.69, 9.17) is 4.74 Å². The number of halogens is 3. The number of fused-ring (bicyclic) bond motifs is 1. The molecule has 1 aromatic carbocycles. The fraction of sp³-hybridized carbons (Fsp3) is 0.250. The van der Waals surface area contributed by atoms with Crippen molar-refractivity contribution in [1.29, 1.82) is 0 Å². The summed E-state index contributed by atoms with van der Waals surface area (Å²) in [5.41, 5.74) is 0.614. The largest absolute Gasteiger partial charge is 0.497 e. The van der Waals surface area contributed by atoms with Gasteiger partial charge in [0, 0.05) is 5.39 Å². The molecule has 0 bridgehead atoms. The number of pyridine rings is 1. The molecule has 1 N–H and O–H groups in total. The zero-order valence-corrected chi connectivity index (χ0v) is 9.58. The van der Waals surface area contributed by atoms with Gasteiger partial charge in [0.25, 0.3) is 0 Å². The predicted octanol–water partition coefficient (Wildman–Crippen LogP) is 3.22. The molecule has 0 amide bonds. The van der Waals surface area contributed by atoms with E-state index in [1.165, 1.54) is 6.07 Å². The van der Waals surface area contributed by atoms with Gasteiger partial charge in [0.1, 0.15) is 18.1 Å². The lowest BCUT2D eigenvalue weighted by Crippen LogP contribution is -2.21. The maximum absolute atomic E-state index is 12.0. The zero-order valence-electron chi connectivity index (χ0n) is 9.58. The number of nitrogens with zero attached hydrogens (tertiary/aromatic N) is 1. The van der Waals surface area contributed by atoms with E-state index in [1.54, 1.807) is 31.4 Å². The first kappa shape index (κ1) is 12.5. The third-order valence-corrected chi connectivity index (χ3v) is 2.37. The zero-order chi connectivity index (χ0) is 13.2. The molecule has 1 aromatic heterocycles. The molecule has 0 radical (unpaired) electrons. The summed E-state index contributed by atoms with van der Waals surface area (Å²) < 4.78 is 41.2. The molecule has 0 saturated heterocycles. The Morgan fingerprint density at radius 3 is 2.67 bits per heavy atom. The van der Waals surface area contributed by atoms with Gasteiger partial charge in [0.2, 0.25) is 0 Å². The molecule has 6 heteroatoms. The van der Waals surface area contributed by atoms with Gasteiger partial charge in [0.15, 0.2) is 0 Å². The topological polar surface area (TPSA) is 34.1 Å². The number of nitrogens with one attached hydrogen (secondary N) is 1. The molecule has 1 heterocycles. The van der Waals surface area contributed by atoms with E-state index < -0.39 is 12.7 Å². The molecule has 0 aliphatic carbocycles. The summed E-state index contributed by atoms with van der Waals surface area (Å²) in [6.07, 6.45) is -4.25. The van der Waals surface area contributed by atoms with Crippen molar-refractivity contribution in [2.24, 2.45) is 0 Å². The van der Waals surface area contributed by atoms with Crippen LogP contribution in [0.4, 0.5) is 19.0 Å². The van der Waals surface area contributed by atoms with Gasteiger partial charge < -0.3 is 10.1 Å². The highest BCUT2D eigenvalue weighted by Gasteiger charge is 2.26. The summed E-state index contributed by atoms with van der Waals surface area (Å²) in [5.74, 6) is 0.880. The molecule has 0 atom stereocenters. The third-order valence-electron chi connectivity index (χ3n) is 2.37. The minimum absolute atomic E-state index is 0.199. The van der Waals surface area contributed by atoms with Crippen LogP contribution in [0.2, 0.25) is 0 Å². The van der Waals surface area contributed by atoms with Crippen LogP contribution >= 0.6 is 0 Å². The average Bonchev–Trinajstić information content (AvgIpc) is 2.34. The first-order chi connectivity index (χ1) is 8.48. The molecule has 0 saturated carbocycles. The van der Waals surface area contributed by atoms with Gasteiger partial charge in [0.05, 0.1) is 12.6 Å². The van der Waals surface area contributed by atoms with Crippen molar-refractivity contribution in [3.05, 3.63) is 30.3 Å². The number of aromatic nitrogens is 1. The van der Waals surface area contributed by atoms with Crippen LogP contribution in [-0.2, 0) is 0 Å². The van der Waals surface area contributed by atoms with Gasteiger partial charge in [-0.2, -0.15) is 13.2 Å². The number of methoxy groups -OCH3 is 1. The lowest BCUT2D eigenvalue weighted by Gasteiger charge is -2.09. The molecule has 0 fully saturated rings. The van der Waals surface area contributed by atoms with Crippen molar-refractivity contribution in [2.45, 2.75) is 6.18 Å². The Balaban J connectivity index is 2.22. The lowest BCUT2D eigenvalue weighted by molar-refractivity contribution is -0.115. The highest BCUT2D eigenvalue weighted by Crippen LogP contribution is 2.22. The van der Waals surface area contributed by atoms with Crippen LogP contribution in [0.5, 0.6) is 5.75 Å². The maximum Gasteiger partial charge on any atom is 0.405 e. The number of anilines is 1. The van der Waals surface area contributed by atoms with Gasteiger partial charge in [-0.15, -0.1) is 0 Å². The van der Waals surface area contributed by atoms with Crippen LogP contribution < -0.4 is 10.1 Å². The predicted molar refractivity (Wildman–Crippen MR) is 62.8 cm³/mol. The van der Waals surface area contributed by atoms with Crippen molar-refractivity contribution in [3.8, 4) is 5.75 Å². The fourth-order valence-electron chi connectivity index (χ4n) is 1.52. The molecule has 0 spiro atoms. The van der Waals surface area contributed by atoms with Gasteiger partial charge in [-0.25, -0.2) is 4.98 Å². The quantitative estimate of drug-likeness (QED) is 0.915. The summed E-state index contributed by atoms with van der Waals surface area (Å²) in [6, 6.07) is 8.39. The molecule has 96 valence electrons. The summed E-state index contributed by atoms with van der Waals surface area (Å²) in [4.78, 5) is 4.09. The number of hydrogen-bond donors (Lipinski definition) is 1. The Morgan fingerprint density at radius 1 is 1.22 bits per heavy atom. The normalized spacial score (nSPS) is 11.6.